The Morgan fingerprint density at radius 3 is 2.38 bits per heavy atom. The van der Waals surface area contributed by atoms with Gasteiger partial charge in [0.2, 0.25) is 0 Å². The van der Waals surface area contributed by atoms with Crippen LogP contribution in [0.2, 0.25) is 0 Å². The summed E-state index contributed by atoms with van der Waals surface area (Å²) in [5.41, 5.74) is 0.228. The van der Waals surface area contributed by atoms with Gasteiger partial charge in [-0.2, -0.15) is 0 Å². The van der Waals surface area contributed by atoms with Crippen molar-refractivity contribution in [2.45, 2.75) is 59.0 Å². The lowest BCUT2D eigenvalue weighted by Gasteiger charge is -2.19. The number of aromatic nitrogens is 1. The molecule has 0 saturated heterocycles. The zero-order valence-electron chi connectivity index (χ0n) is 16.3. The second kappa shape index (κ2) is 12.4. The lowest BCUT2D eigenvalue weighted by molar-refractivity contribution is 0.0167. The summed E-state index contributed by atoms with van der Waals surface area (Å²) in [6.07, 6.45) is 4.64. The van der Waals surface area contributed by atoms with Crippen molar-refractivity contribution in [1.82, 2.24) is 4.98 Å². The lowest BCUT2D eigenvalue weighted by atomic mass is 10.0. The first kappa shape index (κ1) is 22.1. The number of esters is 2. The van der Waals surface area contributed by atoms with Crippen LogP contribution >= 0.6 is 0 Å². The topological polar surface area (TPSA) is 74.7 Å². The molecule has 0 saturated carbocycles. The Balaban J connectivity index is 2.56. The fourth-order valence-corrected chi connectivity index (χ4v) is 2.31. The number of carbonyl (C=O) groups excluding carboxylic acids is 2. The number of nitrogens with zero attached hydrogens (tertiary/aromatic N) is 1. The minimum absolute atomic E-state index is 0.108. The van der Waals surface area contributed by atoms with Gasteiger partial charge >= 0.3 is 11.9 Å². The molecule has 0 aliphatic carbocycles. The standard InChI is InChI=1S/C20H31NO5/c1-5-6-7-8-13-25-19(22)17-10-9-11-18(21-17)20(23)26-16(3)15(2)12-14-24-4/h9-11,15-16H,5-8,12-14H2,1-4H3. The minimum Gasteiger partial charge on any atom is -0.461 e. The lowest BCUT2D eigenvalue weighted by Crippen LogP contribution is -2.24. The van der Waals surface area contributed by atoms with E-state index >= 15 is 0 Å². The number of ether oxygens (including phenoxy) is 3. The van der Waals surface area contributed by atoms with Gasteiger partial charge in [-0.3, -0.25) is 0 Å². The van der Waals surface area contributed by atoms with Gasteiger partial charge in [0.25, 0.3) is 0 Å². The van der Waals surface area contributed by atoms with Crippen LogP contribution in [-0.4, -0.2) is 43.4 Å². The Labute approximate surface area is 156 Å². The predicted octanol–water partition coefficient (Wildman–Crippen LogP) is 4.04. The third kappa shape index (κ3) is 7.95. The van der Waals surface area contributed by atoms with Crippen molar-refractivity contribution in [3.8, 4) is 0 Å². The molecule has 0 bridgehead atoms. The fourth-order valence-electron chi connectivity index (χ4n) is 2.31. The Hall–Kier alpha value is -1.95. The van der Waals surface area contributed by atoms with Crippen LogP contribution < -0.4 is 0 Å². The first-order valence-corrected chi connectivity index (χ1v) is 9.33. The SMILES string of the molecule is CCCCCCOC(=O)c1cccc(C(=O)OC(C)C(C)CCOC)n1. The van der Waals surface area contributed by atoms with E-state index < -0.39 is 11.9 Å². The molecule has 1 aromatic heterocycles. The average molecular weight is 365 g/mol. The Morgan fingerprint density at radius 2 is 1.73 bits per heavy atom. The van der Waals surface area contributed by atoms with E-state index in [1.165, 1.54) is 12.1 Å². The first-order chi connectivity index (χ1) is 12.5. The molecule has 0 amide bonds. The van der Waals surface area contributed by atoms with Crippen LogP contribution in [0.4, 0.5) is 0 Å². The van der Waals surface area contributed by atoms with Crippen molar-refractivity contribution in [3.05, 3.63) is 29.6 Å². The van der Waals surface area contributed by atoms with Crippen molar-refractivity contribution in [3.63, 3.8) is 0 Å². The number of carbonyl (C=O) groups is 2. The molecule has 6 nitrogen and oxygen atoms in total. The summed E-state index contributed by atoms with van der Waals surface area (Å²) < 4.78 is 15.7. The number of hydrogen-bond donors (Lipinski definition) is 0. The highest BCUT2D eigenvalue weighted by Crippen LogP contribution is 2.14. The molecule has 0 aliphatic heterocycles. The zero-order chi connectivity index (χ0) is 19.4. The van der Waals surface area contributed by atoms with E-state index in [2.05, 4.69) is 11.9 Å². The van der Waals surface area contributed by atoms with E-state index in [-0.39, 0.29) is 23.4 Å². The molecule has 6 heteroatoms. The Morgan fingerprint density at radius 1 is 1.04 bits per heavy atom. The summed E-state index contributed by atoms with van der Waals surface area (Å²) >= 11 is 0. The number of hydrogen-bond acceptors (Lipinski definition) is 6. The number of pyridine rings is 1. The number of rotatable bonds is 12. The monoisotopic (exact) mass is 365 g/mol. The summed E-state index contributed by atoms with van der Waals surface area (Å²) in [7, 11) is 1.64. The van der Waals surface area contributed by atoms with Gasteiger partial charge in [0, 0.05) is 13.7 Å². The van der Waals surface area contributed by atoms with E-state index in [4.69, 9.17) is 14.2 Å². The van der Waals surface area contributed by atoms with E-state index in [9.17, 15) is 9.59 Å². The highest BCUT2D eigenvalue weighted by atomic mass is 16.5. The molecule has 0 N–H and O–H groups in total. The van der Waals surface area contributed by atoms with Crippen LogP contribution in [0.25, 0.3) is 0 Å². The van der Waals surface area contributed by atoms with Crippen molar-refractivity contribution in [1.29, 1.82) is 0 Å². The molecule has 0 spiro atoms. The first-order valence-electron chi connectivity index (χ1n) is 9.33. The summed E-state index contributed by atoms with van der Waals surface area (Å²) in [5.74, 6) is -0.896. The summed E-state index contributed by atoms with van der Waals surface area (Å²) in [5, 5.41) is 0. The summed E-state index contributed by atoms with van der Waals surface area (Å²) in [6.45, 7) is 6.94. The molecule has 2 unspecified atom stereocenters. The smallest absolute Gasteiger partial charge is 0.357 e. The van der Waals surface area contributed by atoms with E-state index in [1.807, 2.05) is 13.8 Å². The van der Waals surface area contributed by atoms with Crippen LogP contribution in [0.3, 0.4) is 0 Å². The van der Waals surface area contributed by atoms with Crippen molar-refractivity contribution in [2.24, 2.45) is 5.92 Å². The van der Waals surface area contributed by atoms with Gasteiger partial charge in [0.05, 0.1) is 6.61 Å². The maximum atomic E-state index is 12.3. The molecule has 0 aliphatic rings. The predicted molar refractivity (Wildman–Crippen MR) is 99.2 cm³/mol. The molecule has 1 heterocycles. The number of methoxy groups -OCH3 is 1. The molecule has 1 aromatic rings. The van der Waals surface area contributed by atoms with Gasteiger partial charge in [0.1, 0.15) is 17.5 Å². The highest BCUT2D eigenvalue weighted by Gasteiger charge is 2.20. The molecule has 1 rings (SSSR count). The molecule has 146 valence electrons. The van der Waals surface area contributed by atoms with Gasteiger partial charge < -0.3 is 14.2 Å². The summed E-state index contributed by atoms with van der Waals surface area (Å²) in [4.78, 5) is 28.4. The van der Waals surface area contributed by atoms with Gasteiger partial charge in [-0.1, -0.05) is 39.2 Å². The molecular weight excluding hydrogens is 334 g/mol. The van der Waals surface area contributed by atoms with E-state index in [1.54, 1.807) is 13.2 Å². The molecule has 0 fully saturated rings. The third-order valence-corrected chi connectivity index (χ3v) is 4.27. The highest BCUT2D eigenvalue weighted by molar-refractivity contribution is 5.91. The zero-order valence-corrected chi connectivity index (χ0v) is 16.3. The van der Waals surface area contributed by atoms with E-state index in [0.29, 0.717) is 13.2 Å². The van der Waals surface area contributed by atoms with Crippen molar-refractivity contribution < 1.29 is 23.8 Å². The van der Waals surface area contributed by atoms with Crippen LogP contribution in [-0.2, 0) is 14.2 Å². The van der Waals surface area contributed by atoms with E-state index in [0.717, 1.165) is 32.1 Å². The fraction of sp³-hybridized carbons (Fsp3) is 0.650. The van der Waals surface area contributed by atoms with Crippen LogP contribution in [0.5, 0.6) is 0 Å². The van der Waals surface area contributed by atoms with Gasteiger partial charge in [-0.25, -0.2) is 14.6 Å². The maximum Gasteiger partial charge on any atom is 0.357 e. The summed E-state index contributed by atoms with van der Waals surface area (Å²) in [6, 6.07) is 4.68. The largest absolute Gasteiger partial charge is 0.461 e. The normalized spacial score (nSPS) is 13.1. The third-order valence-electron chi connectivity index (χ3n) is 4.27. The Bertz CT molecular complexity index is 561. The second-order valence-electron chi connectivity index (χ2n) is 6.47. The van der Waals surface area contributed by atoms with Crippen molar-refractivity contribution >= 4 is 11.9 Å². The molecule has 26 heavy (non-hydrogen) atoms. The van der Waals surface area contributed by atoms with Crippen LogP contribution in [0.1, 0.15) is 73.9 Å². The quantitative estimate of drug-likeness (QED) is 0.411. The van der Waals surface area contributed by atoms with Gasteiger partial charge in [-0.15, -0.1) is 0 Å². The maximum absolute atomic E-state index is 12.3. The van der Waals surface area contributed by atoms with Crippen molar-refractivity contribution in [2.75, 3.05) is 20.3 Å². The minimum atomic E-state index is -0.542. The number of unbranched alkanes of at least 4 members (excludes halogenated alkanes) is 3. The second-order valence-corrected chi connectivity index (χ2v) is 6.47. The van der Waals surface area contributed by atoms with Gasteiger partial charge in [0.15, 0.2) is 0 Å². The van der Waals surface area contributed by atoms with Gasteiger partial charge in [-0.05, 0) is 37.8 Å². The van der Waals surface area contributed by atoms with Crippen LogP contribution in [0.15, 0.2) is 18.2 Å². The molecular formula is C20H31NO5. The van der Waals surface area contributed by atoms with Crippen LogP contribution in [0, 0.1) is 5.92 Å². The molecule has 2 atom stereocenters. The Kier molecular flexibility index (Phi) is 10.5. The molecule has 0 aromatic carbocycles. The average Bonchev–Trinajstić information content (AvgIpc) is 2.65. The molecule has 0 radical (unpaired) electrons.